The average Bonchev–Trinajstić information content (AvgIpc) is 2.82. The highest BCUT2D eigenvalue weighted by atomic mass is 16.5. The summed E-state index contributed by atoms with van der Waals surface area (Å²) < 4.78 is 6.56. The third-order valence-corrected chi connectivity index (χ3v) is 6.38. The van der Waals surface area contributed by atoms with Gasteiger partial charge in [-0.3, -0.25) is 4.79 Å². The maximum Gasteiger partial charge on any atom is 0.328 e. The van der Waals surface area contributed by atoms with Crippen LogP contribution in [0.1, 0.15) is 102 Å². The van der Waals surface area contributed by atoms with Crippen molar-refractivity contribution >= 4 is 11.9 Å². The molecule has 5 heteroatoms. The highest BCUT2D eigenvalue weighted by molar-refractivity contribution is 5.84. The van der Waals surface area contributed by atoms with Crippen molar-refractivity contribution in [3.05, 3.63) is 35.9 Å². The van der Waals surface area contributed by atoms with Crippen LogP contribution in [0.25, 0.3) is 0 Å². The van der Waals surface area contributed by atoms with Gasteiger partial charge in [-0.15, -0.1) is 0 Å². The number of ether oxygens (including phenoxy) is 1. The molecule has 0 spiro atoms. The van der Waals surface area contributed by atoms with E-state index in [9.17, 15) is 9.59 Å². The Balaban J connectivity index is 2.34. The third kappa shape index (κ3) is 18.1. The average molecular weight is 490 g/mol. The number of esters is 1. The van der Waals surface area contributed by atoms with Crippen LogP contribution >= 0.6 is 0 Å². The molecular weight excluding hydrogens is 436 g/mol. The molecular formula is C30H53N2O3+. The van der Waals surface area contributed by atoms with Crippen LogP contribution in [-0.2, 0) is 20.7 Å². The predicted octanol–water partition coefficient (Wildman–Crippen LogP) is 6.44. The summed E-state index contributed by atoms with van der Waals surface area (Å²) in [5.41, 5.74) is 1.03. The quantitative estimate of drug-likeness (QED) is 0.123. The lowest BCUT2D eigenvalue weighted by atomic mass is 10.1. The first-order valence-electron chi connectivity index (χ1n) is 14.1. The molecule has 0 heterocycles. The molecule has 1 aromatic carbocycles. The minimum absolute atomic E-state index is 0.0543. The number of carbonyl (C=O) groups excluding carboxylic acids is 2. The fourth-order valence-electron chi connectivity index (χ4n) is 4.22. The normalized spacial score (nSPS) is 12.3. The number of benzene rings is 1. The number of hydrogen-bond donors (Lipinski definition) is 1. The maximum atomic E-state index is 12.8. The van der Waals surface area contributed by atoms with Crippen LogP contribution in [-0.4, -0.2) is 56.7 Å². The largest absolute Gasteiger partial charge is 0.464 e. The van der Waals surface area contributed by atoms with Gasteiger partial charge in [0.05, 0.1) is 34.3 Å². The summed E-state index contributed by atoms with van der Waals surface area (Å²) in [6, 6.07) is 9.22. The fraction of sp³-hybridized carbons (Fsp3) is 0.733. The summed E-state index contributed by atoms with van der Waals surface area (Å²) in [5, 5.41) is 2.95. The first-order valence-corrected chi connectivity index (χ1v) is 14.1. The molecule has 1 atom stereocenters. The second-order valence-electron chi connectivity index (χ2n) is 11.0. The van der Waals surface area contributed by atoms with Gasteiger partial charge in [-0.1, -0.05) is 95.0 Å². The van der Waals surface area contributed by atoms with Gasteiger partial charge in [-0.25, -0.2) is 4.79 Å². The van der Waals surface area contributed by atoms with Crippen molar-refractivity contribution in [2.45, 2.75) is 109 Å². The Bertz CT molecular complexity index is 670. The van der Waals surface area contributed by atoms with Gasteiger partial charge in [0.2, 0.25) is 5.91 Å². The van der Waals surface area contributed by atoms with Crippen LogP contribution in [0.5, 0.6) is 0 Å². The summed E-state index contributed by atoms with van der Waals surface area (Å²) in [6.45, 7) is 3.85. The first-order chi connectivity index (χ1) is 16.8. The first kappa shape index (κ1) is 31.2. The van der Waals surface area contributed by atoms with E-state index in [4.69, 9.17) is 4.74 Å². The van der Waals surface area contributed by atoms with E-state index in [1.54, 1.807) is 0 Å². The van der Waals surface area contributed by atoms with Gasteiger partial charge in [0.25, 0.3) is 0 Å². The summed E-state index contributed by atoms with van der Waals surface area (Å²) >= 11 is 0. The number of hydrogen-bond acceptors (Lipinski definition) is 3. The number of amides is 1. The second-order valence-corrected chi connectivity index (χ2v) is 11.0. The summed E-state index contributed by atoms with van der Waals surface area (Å²) in [6.07, 6.45) is 16.1. The molecule has 1 aromatic rings. The summed E-state index contributed by atoms with van der Waals surface area (Å²) in [7, 11) is 6.66. The molecule has 0 aliphatic heterocycles. The molecule has 1 unspecified atom stereocenters. The van der Waals surface area contributed by atoms with Gasteiger partial charge >= 0.3 is 5.97 Å². The van der Waals surface area contributed by atoms with Crippen LogP contribution in [0.3, 0.4) is 0 Å². The van der Waals surface area contributed by atoms with Crippen LogP contribution in [0, 0.1) is 0 Å². The molecule has 1 rings (SSSR count). The molecule has 0 saturated heterocycles. The Kier molecular flexibility index (Phi) is 17.2. The molecule has 35 heavy (non-hydrogen) atoms. The molecule has 0 aliphatic carbocycles. The van der Waals surface area contributed by atoms with E-state index >= 15 is 0 Å². The maximum absolute atomic E-state index is 12.8. The Morgan fingerprint density at radius 2 is 1.37 bits per heavy atom. The van der Waals surface area contributed by atoms with Crippen LogP contribution in [0.4, 0.5) is 0 Å². The van der Waals surface area contributed by atoms with Gasteiger partial charge in [0.15, 0.2) is 0 Å². The molecule has 1 amide bonds. The van der Waals surface area contributed by atoms with E-state index in [0.29, 0.717) is 19.4 Å². The van der Waals surface area contributed by atoms with E-state index in [2.05, 4.69) is 33.4 Å². The smallest absolute Gasteiger partial charge is 0.328 e. The molecule has 0 bridgehead atoms. The monoisotopic (exact) mass is 489 g/mol. The molecule has 0 saturated carbocycles. The zero-order valence-electron chi connectivity index (χ0n) is 23.2. The molecule has 5 nitrogen and oxygen atoms in total. The minimum Gasteiger partial charge on any atom is -0.464 e. The Morgan fingerprint density at radius 1 is 0.800 bits per heavy atom. The SMILES string of the molecule is CCCCCCCCCCOC(=O)C(Cc1ccccc1)NC(=O)CCCCCCC[N+](C)(C)C. The van der Waals surface area contributed by atoms with Crippen LogP contribution in [0.15, 0.2) is 30.3 Å². The van der Waals surface area contributed by atoms with Gasteiger partial charge in [0.1, 0.15) is 6.04 Å². The lowest BCUT2D eigenvalue weighted by Crippen LogP contribution is -2.43. The number of rotatable bonds is 21. The van der Waals surface area contributed by atoms with Crippen LogP contribution < -0.4 is 5.32 Å². The van der Waals surface area contributed by atoms with E-state index in [0.717, 1.165) is 42.2 Å². The zero-order valence-corrected chi connectivity index (χ0v) is 23.2. The highest BCUT2D eigenvalue weighted by Crippen LogP contribution is 2.11. The summed E-state index contributed by atoms with van der Waals surface area (Å²) in [5.74, 6) is -0.369. The van der Waals surface area contributed by atoms with Gasteiger partial charge in [0, 0.05) is 12.8 Å². The number of carbonyl (C=O) groups is 2. The highest BCUT2D eigenvalue weighted by Gasteiger charge is 2.22. The van der Waals surface area contributed by atoms with E-state index in [-0.39, 0.29) is 11.9 Å². The number of nitrogens with one attached hydrogen (secondary N) is 1. The Labute approximate surface area is 215 Å². The predicted molar refractivity (Wildman–Crippen MR) is 146 cm³/mol. The van der Waals surface area contributed by atoms with Crippen molar-refractivity contribution in [1.82, 2.24) is 5.32 Å². The lowest BCUT2D eigenvalue weighted by Gasteiger charge is -2.23. The summed E-state index contributed by atoms with van der Waals surface area (Å²) in [4.78, 5) is 25.4. The van der Waals surface area contributed by atoms with Gasteiger partial charge < -0.3 is 14.5 Å². The van der Waals surface area contributed by atoms with Crippen molar-refractivity contribution in [3.8, 4) is 0 Å². The molecule has 0 fully saturated rings. The van der Waals surface area contributed by atoms with Crippen molar-refractivity contribution in [2.75, 3.05) is 34.3 Å². The van der Waals surface area contributed by atoms with Gasteiger partial charge in [-0.2, -0.15) is 0 Å². The lowest BCUT2D eigenvalue weighted by molar-refractivity contribution is -0.870. The number of quaternary nitrogens is 1. The topological polar surface area (TPSA) is 55.4 Å². The zero-order chi connectivity index (χ0) is 25.8. The number of unbranched alkanes of at least 4 members (excludes halogenated alkanes) is 11. The second kappa shape index (κ2) is 19.3. The van der Waals surface area contributed by atoms with E-state index in [1.807, 2.05) is 30.3 Å². The van der Waals surface area contributed by atoms with Gasteiger partial charge in [-0.05, 0) is 31.2 Å². The molecule has 1 N–H and O–H groups in total. The van der Waals surface area contributed by atoms with Crippen molar-refractivity contribution in [2.24, 2.45) is 0 Å². The van der Waals surface area contributed by atoms with Crippen molar-refractivity contribution in [3.63, 3.8) is 0 Å². The Morgan fingerprint density at radius 3 is 2.00 bits per heavy atom. The minimum atomic E-state index is -0.622. The van der Waals surface area contributed by atoms with E-state index < -0.39 is 6.04 Å². The van der Waals surface area contributed by atoms with Crippen molar-refractivity contribution < 1.29 is 18.8 Å². The van der Waals surface area contributed by atoms with E-state index in [1.165, 1.54) is 57.9 Å². The Hall–Kier alpha value is -1.88. The van der Waals surface area contributed by atoms with Crippen molar-refractivity contribution in [1.29, 1.82) is 0 Å². The standard InChI is InChI=1S/C30H52N2O3/c1-5-6-7-8-9-10-14-20-25-35-30(34)28(26-27-21-16-15-17-22-27)31-29(33)23-18-12-11-13-19-24-32(2,3)4/h15-17,21-22,28H,5-14,18-20,23-26H2,1-4H3/p+1. The number of nitrogens with zero attached hydrogens (tertiary/aromatic N) is 1. The molecule has 0 aromatic heterocycles. The van der Waals surface area contributed by atoms with Crippen LogP contribution in [0.2, 0.25) is 0 Å². The molecule has 0 aliphatic rings. The third-order valence-electron chi connectivity index (χ3n) is 6.38. The molecule has 200 valence electrons. The fourth-order valence-corrected chi connectivity index (χ4v) is 4.22. The molecule has 0 radical (unpaired) electrons.